The van der Waals surface area contributed by atoms with Crippen LogP contribution in [0.2, 0.25) is 0 Å². The highest BCUT2D eigenvalue weighted by molar-refractivity contribution is 7.99. The summed E-state index contributed by atoms with van der Waals surface area (Å²) in [5.74, 6) is -20.9. The molecule has 15 unspecified atom stereocenters. The molecule has 2 aliphatic heterocycles. The van der Waals surface area contributed by atoms with Crippen LogP contribution in [-0.4, -0.2) is 268 Å². The molecule has 0 spiro atoms. The molecule has 15 atom stereocenters. The number of rotatable bonds is 46. The number of H-pyrrole nitrogens is 1. The number of guanidine groups is 1. The molecule has 1 aromatic heterocycles. The zero-order valence-corrected chi connectivity index (χ0v) is 80.3. The molecule has 18 amide bonds. The predicted octanol–water partition coefficient (Wildman–Crippen LogP) is -3.63. The quantitative estimate of drug-likeness (QED) is 0.00774. The van der Waals surface area contributed by atoms with E-state index in [4.69, 9.17) is 49.3 Å². The standard InChI is InChI=1S/C95H133N23O23S/c1-51(119)80-92(138)114-72(46-59-49-105-63-19-10-9-18-62(59)63)88(134)108-65(27-30-75(96)121)83(129)115-74(50-142-41-33-68(85(131)107-66(86(132)117-80)28-31-76(97)122)109-82(128)64(106-52(2)120)20-11-36-104-94(101)102)90(136)111-70(43-53-22-25-61(26-23-53)141-40-37-103-60-17-8-7-16-58(45-60)55-12-3-4-13-55)87(133)112-71(44-54-21-24-56-14-5-6-15-57(56)42-54)91(137)118-95(34-38-140-39-35-95)93(139)116-67(29-32-79(125)126)84(130)113-73(48-78(99)124)89(135)110-69(81(100)127)47-77(98)123/h5-6,9-10,14-15,18-19,21-26,42,49,51,55,58,60,64-74,80,103,105,119H,3-4,7-8,11-13,16-17,20,27-41,43-48,50H2,1-2H3,(H2,96,121)(H2,97,122)(H2,98,123)(H2,99,124)(H2,100,127)(H,106,120)(H,107,131)(H,108,134)(H,109,128)(H,110,135)(H,111,136)(H,112,133)(H,113,130)(H,114,138)(H,115,129)(H,116,139)(H,117,132)(H,118,137)(H,125,126)(H4,101,102,104). The van der Waals surface area contributed by atoms with E-state index in [1.165, 1.54) is 44.7 Å². The number of carbonyl (C=O) groups excluding carboxylic acids is 18. The van der Waals surface area contributed by atoms with Crippen molar-refractivity contribution >= 4 is 152 Å². The summed E-state index contributed by atoms with van der Waals surface area (Å²) < 4.78 is 12.0. The first-order valence-electron chi connectivity index (χ1n) is 47.7. The number of nitrogens with one attached hydrogen (secondary N) is 17. The fraction of sp³-hybridized carbons (Fsp3) is 0.537. The number of carbonyl (C=O) groups is 19. The van der Waals surface area contributed by atoms with Crippen molar-refractivity contribution < 1.29 is 111 Å². The number of carboxylic acid groups (broad SMARTS) is 1. The lowest BCUT2D eigenvalue weighted by Gasteiger charge is -2.38. The SMILES string of the molecule is CC(=O)NC(CCCNC(=N)N)C(=O)NC1CCSCC(C(=O)NC(Cc2ccc(OCCNC3CCCCC(C4CCCC4)C3)cc2)C(=O)NC(Cc2ccc3ccccc3c2)C(=O)NC2(C(=O)NC(CCC(=O)O)C(=O)NC(CC(N)=O)C(=O)NC(CC(N)=O)C(N)=O)CCOCC2)NC(=O)C(CCC(N)=O)NC(=O)C(Cc2c[nH]c3ccccc23)NC(=O)C(C(C)O)NC(=O)C(CCC(N)=O)NC1=O. The second-order valence-corrected chi connectivity index (χ2v) is 37.5. The summed E-state index contributed by atoms with van der Waals surface area (Å²) in [6.45, 7) is 2.57. The molecule has 142 heavy (non-hydrogen) atoms. The van der Waals surface area contributed by atoms with Crippen LogP contribution in [0.3, 0.4) is 0 Å². The van der Waals surface area contributed by atoms with E-state index in [2.05, 4.69) is 84.7 Å². The van der Waals surface area contributed by atoms with Crippen LogP contribution in [0.1, 0.15) is 172 Å². The average Bonchev–Trinajstić information content (AvgIpc) is 1.12. The summed E-state index contributed by atoms with van der Waals surface area (Å²) in [5.41, 5.74) is 32.7. The Hall–Kier alpha value is -14.1. The zero-order chi connectivity index (χ0) is 103. The largest absolute Gasteiger partial charge is 0.492 e. The summed E-state index contributed by atoms with van der Waals surface area (Å²) in [4.78, 5) is 272. The van der Waals surface area contributed by atoms with Crippen LogP contribution in [0.5, 0.6) is 5.75 Å². The third kappa shape index (κ3) is 35.6. The van der Waals surface area contributed by atoms with Crippen molar-refractivity contribution in [3.8, 4) is 5.75 Å². The number of aliphatic carboxylic acids is 1. The van der Waals surface area contributed by atoms with E-state index in [0.29, 0.717) is 57.2 Å². The molecule has 4 aliphatic rings. The summed E-state index contributed by atoms with van der Waals surface area (Å²) >= 11 is 0.853. The van der Waals surface area contributed by atoms with Gasteiger partial charge in [-0.25, -0.2) is 0 Å². The number of thioether (sulfide) groups is 1. The number of benzene rings is 4. The number of amides is 18. The van der Waals surface area contributed by atoms with E-state index < -0.39 is 279 Å². The molecular weight excluding hydrogens is 1860 g/mol. The van der Waals surface area contributed by atoms with Gasteiger partial charge in [-0.05, 0) is 122 Å². The van der Waals surface area contributed by atoms with Crippen LogP contribution in [0.4, 0.5) is 0 Å². The van der Waals surface area contributed by atoms with Gasteiger partial charge in [-0.2, -0.15) is 11.8 Å². The molecule has 2 saturated heterocycles. The Kier molecular flexibility index (Phi) is 43.4. The van der Waals surface area contributed by atoms with Crippen LogP contribution in [0, 0.1) is 17.2 Å². The van der Waals surface area contributed by atoms with E-state index in [0.717, 1.165) is 56.2 Å². The number of carboxylic acids is 1. The highest BCUT2D eigenvalue weighted by Crippen LogP contribution is 2.39. The Morgan fingerprint density at radius 1 is 0.563 bits per heavy atom. The number of ether oxygens (including phenoxy) is 2. The number of hydrogen-bond donors (Lipinski definition) is 25. The first-order valence-corrected chi connectivity index (χ1v) is 48.8. The average molecular weight is 2000 g/mol. The van der Waals surface area contributed by atoms with E-state index in [9.17, 15) is 67.7 Å². The minimum atomic E-state index is -2.12. The third-order valence-corrected chi connectivity index (χ3v) is 26.5. The summed E-state index contributed by atoms with van der Waals surface area (Å²) in [6.07, 6.45) is 2.26. The Bertz CT molecular complexity index is 5320. The van der Waals surface area contributed by atoms with Gasteiger partial charge in [0.05, 0.1) is 18.9 Å². The fourth-order valence-electron chi connectivity index (χ4n) is 17.8. The first-order chi connectivity index (χ1) is 67.7. The Morgan fingerprint density at radius 2 is 1.13 bits per heavy atom. The monoisotopic (exact) mass is 2000 g/mol. The molecule has 2 aliphatic carbocycles. The van der Waals surface area contributed by atoms with E-state index in [-0.39, 0.29) is 64.2 Å². The molecule has 47 heteroatoms. The van der Waals surface area contributed by atoms with E-state index in [1.54, 1.807) is 84.9 Å². The Balaban J connectivity index is 1.12. The van der Waals surface area contributed by atoms with Crippen LogP contribution in [0.15, 0.2) is 97.2 Å². The first kappa shape index (κ1) is 112. The number of para-hydroxylation sites is 1. The van der Waals surface area contributed by atoms with Crippen molar-refractivity contribution in [3.63, 3.8) is 0 Å². The van der Waals surface area contributed by atoms with Crippen molar-refractivity contribution in [1.29, 1.82) is 5.41 Å². The number of aromatic nitrogens is 1. The van der Waals surface area contributed by atoms with Crippen LogP contribution in [-0.2, 0) is 115 Å². The Morgan fingerprint density at radius 3 is 1.78 bits per heavy atom. The number of aromatic amines is 1. The molecule has 2 saturated carbocycles. The molecule has 4 fully saturated rings. The topological polar surface area (TPSA) is 759 Å². The number of primary amides is 5. The molecular formula is C95H133N23O23S. The number of aliphatic hydroxyl groups is 1. The third-order valence-electron chi connectivity index (χ3n) is 25.4. The van der Waals surface area contributed by atoms with Crippen LogP contribution >= 0.6 is 11.8 Å². The van der Waals surface area contributed by atoms with Crippen molar-refractivity contribution in [2.24, 2.45) is 46.2 Å². The highest BCUT2D eigenvalue weighted by atomic mass is 32.2. The zero-order valence-electron chi connectivity index (χ0n) is 79.4. The van der Waals surface area contributed by atoms with Gasteiger partial charge in [0.1, 0.15) is 90.4 Å². The molecule has 0 radical (unpaired) electrons. The number of hydrogen-bond acceptors (Lipinski definition) is 25. The van der Waals surface area contributed by atoms with Gasteiger partial charge in [-0.15, -0.1) is 0 Å². The second kappa shape index (κ2) is 55.2. The van der Waals surface area contributed by atoms with Gasteiger partial charge < -0.3 is 139 Å². The maximum Gasteiger partial charge on any atom is 0.303 e. The molecule has 772 valence electrons. The molecule has 9 rings (SSSR count). The normalized spacial score (nSPS) is 21.0. The summed E-state index contributed by atoms with van der Waals surface area (Å²) in [6, 6.07) is 4.32. The summed E-state index contributed by atoms with van der Waals surface area (Å²) in [7, 11) is 0. The van der Waals surface area contributed by atoms with Gasteiger partial charge in [0.25, 0.3) is 0 Å². The number of nitrogens with two attached hydrogens (primary N) is 6. The van der Waals surface area contributed by atoms with Crippen molar-refractivity contribution in [1.82, 2.24) is 84.7 Å². The Labute approximate surface area is 823 Å². The lowest BCUT2D eigenvalue weighted by molar-refractivity contribution is -0.142. The number of aliphatic hydroxyl groups excluding tert-OH is 1. The number of fused-ring (bicyclic) bond motifs is 2. The minimum absolute atomic E-state index is 0.0472. The van der Waals surface area contributed by atoms with E-state index >= 15 is 33.6 Å². The molecule has 0 bridgehead atoms. The lowest BCUT2D eigenvalue weighted by atomic mass is 9.84. The van der Waals surface area contributed by atoms with Gasteiger partial charge in [0.15, 0.2) is 5.96 Å². The van der Waals surface area contributed by atoms with Crippen molar-refractivity contribution in [3.05, 3.63) is 114 Å². The van der Waals surface area contributed by atoms with Gasteiger partial charge in [-0.1, -0.05) is 118 Å². The maximum atomic E-state index is 16.2. The molecule has 4 aromatic carbocycles. The van der Waals surface area contributed by atoms with Gasteiger partial charge in [0, 0.05) is 113 Å². The molecule has 46 nitrogen and oxygen atoms in total. The maximum absolute atomic E-state index is 16.2. The molecule has 5 aromatic rings. The molecule has 3 heterocycles. The smallest absolute Gasteiger partial charge is 0.303 e. The highest BCUT2D eigenvalue weighted by Gasteiger charge is 2.46. The minimum Gasteiger partial charge on any atom is -0.492 e. The van der Waals surface area contributed by atoms with Gasteiger partial charge in [-0.3, -0.25) is 96.5 Å². The predicted molar refractivity (Wildman–Crippen MR) is 519 cm³/mol. The lowest BCUT2D eigenvalue weighted by Crippen LogP contribution is -2.67. The molecule has 31 N–H and O–H groups in total. The van der Waals surface area contributed by atoms with Gasteiger partial charge >= 0.3 is 5.97 Å². The van der Waals surface area contributed by atoms with Crippen molar-refractivity contribution in [2.45, 2.75) is 265 Å². The van der Waals surface area contributed by atoms with E-state index in [1.807, 2.05) is 6.07 Å². The van der Waals surface area contributed by atoms with Crippen molar-refractivity contribution in [2.75, 3.05) is 44.4 Å². The summed E-state index contributed by atoms with van der Waals surface area (Å²) in [5, 5.41) is 70.4. The van der Waals surface area contributed by atoms with Crippen LogP contribution in [0.25, 0.3) is 21.7 Å². The van der Waals surface area contributed by atoms with Gasteiger partial charge in [0.2, 0.25) is 106 Å². The fourth-order valence-corrected chi connectivity index (χ4v) is 18.8. The van der Waals surface area contributed by atoms with Crippen LogP contribution < -0.4 is 119 Å². The second-order valence-electron chi connectivity index (χ2n) is 36.4.